The van der Waals surface area contributed by atoms with Crippen LogP contribution in [0.5, 0.6) is 0 Å². The number of nitrogens with zero attached hydrogens (tertiary/aromatic N) is 3. The molecule has 0 saturated carbocycles. The molecule has 1 atom stereocenters. The molecule has 1 aliphatic heterocycles. The minimum Gasteiger partial charge on any atom is -0.341 e. The molecule has 1 fully saturated rings. The molecule has 178 valence electrons. The van der Waals surface area contributed by atoms with Crippen LogP contribution in [0.15, 0.2) is 47.4 Å². The van der Waals surface area contributed by atoms with Crippen LogP contribution >= 0.6 is 11.6 Å². The predicted molar refractivity (Wildman–Crippen MR) is 125 cm³/mol. The minimum absolute atomic E-state index is 0.00700. The van der Waals surface area contributed by atoms with Crippen LogP contribution in [-0.2, 0) is 26.2 Å². The Labute approximate surface area is 198 Å². The Bertz CT molecular complexity index is 1120. The molecule has 7 nitrogen and oxygen atoms in total. The number of anilines is 1. The molecule has 0 radical (unpaired) electrons. The summed E-state index contributed by atoms with van der Waals surface area (Å²) < 4.78 is 40.8. The first-order chi connectivity index (χ1) is 15.6. The molecule has 10 heteroatoms. The maximum absolute atomic E-state index is 14.1. The number of rotatable bonds is 8. The first kappa shape index (κ1) is 25.1. The van der Waals surface area contributed by atoms with Gasteiger partial charge in [-0.2, -0.15) is 4.31 Å². The van der Waals surface area contributed by atoms with Gasteiger partial charge in [-0.1, -0.05) is 31.5 Å². The Morgan fingerprint density at radius 1 is 1.15 bits per heavy atom. The van der Waals surface area contributed by atoms with E-state index < -0.39 is 21.8 Å². The van der Waals surface area contributed by atoms with Crippen LogP contribution in [0.25, 0.3) is 0 Å². The molecule has 0 N–H and O–H groups in total. The van der Waals surface area contributed by atoms with Crippen LogP contribution < -0.4 is 4.90 Å². The zero-order chi connectivity index (χ0) is 24.3. The van der Waals surface area contributed by atoms with E-state index in [4.69, 9.17) is 11.6 Å². The van der Waals surface area contributed by atoms with E-state index in [1.54, 1.807) is 39.1 Å². The molecule has 1 aliphatic rings. The second-order valence-electron chi connectivity index (χ2n) is 7.88. The van der Waals surface area contributed by atoms with Crippen molar-refractivity contribution in [2.75, 3.05) is 31.6 Å². The van der Waals surface area contributed by atoms with Gasteiger partial charge in [-0.15, -0.1) is 0 Å². The lowest BCUT2D eigenvalue weighted by atomic mass is 10.1. The number of sulfonamides is 1. The first-order valence-electron chi connectivity index (χ1n) is 10.7. The topological polar surface area (TPSA) is 78.0 Å². The molecule has 1 unspecified atom stereocenters. The predicted octanol–water partition coefficient (Wildman–Crippen LogP) is 3.52. The van der Waals surface area contributed by atoms with E-state index in [0.717, 1.165) is 0 Å². The van der Waals surface area contributed by atoms with Gasteiger partial charge in [-0.25, -0.2) is 12.8 Å². The Balaban J connectivity index is 1.71. The minimum atomic E-state index is -3.60. The van der Waals surface area contributed by atoms with E-state index in [0.29, 0.717) is 18.8 Å². The third kappa shape index (κ3) is 5.20. The fraction of sp³-hybridized carbons (Fsp3) is 0.391. The highest BCUT2D eigenvalue weighted by molar-refractivity contribution is 7.89. The van der Waals surface area contributed by atoms with Crippen molar-refractivity contribution in [3.8, 4) is 0 Å². The van der Waals surface area contributed by atoms with Crippen molar-refractivity contribution in [1.82, 2.24) is 9.21 Å². The number of carbonyl (C=O) groups excluding carboxylic acids is 2. The molecule has 0 aliphatic carbocycles. The van der Waals surface area contributed by atoms with Gasteiger partial charge in [0.1, 0.15) is 5.82 Å². The maximum atomic E-state index is 14.1. The zero-order valence-corrected chi connectivity index (χ0v) is 20.4. The van der Waals surface area contributed by atoms with E-state index in [9.17, 15) is 22.4 Å². The van der Waals surface area contributed by atoms with Crippen molar-refractivity contribution in [2.24, 2.45) is 5.92 Å². The van der Waals surface area contributed by atoms with Crippen molar-refractivity contribution in [3.63, 3.8) is 0 Å². The third-order valence-electron chi connectivity index (χ3n) is 5.80. The van der Waals surface area contributed by atoms with Crippen LogP contribution in [0.4, 0.5) is 10.1 Å². The lowest BCUT2D eigenvalue weighted by Crippen LogP contribution is -2.34. The van der Waals surface area contributed by atoms with Crippen LogP contribution in [0, 0.1) is 11.7 Å². The maximum Gasteiger partial charge on any atom is 0.243 e. The number of hydrogen-bond acceptors (Lipinski definition) is 4. The molecule has 0 aromatic heterocycles. The SMILES string of the molecule is CCN(CC)S(=O)(=O)c1ccc(N2CC(C(=O)N(C)Cc3c(F)cccc3Cl)CC2=O)cc1. The van der Waals surface area contributed by atoms with Gasteiger partial charge in [0.25, 0.3) is 0 Å². The van der Waals surface area contributed by atoms with E-state index >= 15 is 0 Å². The second kappa shape index (κ2) is 10.2. The highest BCUT2D eigenvalue weighted by Gasteiger charge is 2.37. The highest BCUT2D eigenvalue weighted by Crippen LogP contribution is 2.29. The molecule has 1 heterocycles. The highest BCUT2D eigenvalue weighted by atomic mass is 35.5. The van der Waals surface area contributed by atoms with Gasteiger partial charge >= 0.3 is 0 Å². The third-order valence-corrected chi connectivity index (χ3v) is 8.22. The van der Waals surface area contributed by atoms with Crippen molar-refractivity contribution in [2.45, 2.75) is 31.7 Å². The molecule has 2 amide bonds. The summed E-state index contributed by atoms with van der Waals surface area (Å²) in [6.07, 6.45) is 0.0215. The molecular weight excluding hydrogens is 469 g/mol. The number of hydrogen-bond donors (Lipinski definition) is 0. The summed E-state index contributed by atoms with van der Waals surface area (Å²) >= 11 is 6.06. The number of carbonyl (C=O) groups is 2. The van der Waals surface area contributed by atoms with Crippen molar-refractivity contribution in [3.05, 3.63) is 58.9 Å². The van der Waals surface area contributed by atoms with Gasteiger partial charge in [0, 0.05) is 55.9 Å². The van der Waals surface area contributed by atoms with E-state index in [1.165, 1.54) is 38.4 Å². The summed E-state index contributed by atoms with van der Waals surface area (Å²) in [5.74, 6) is -1.60. The molecular formula is C23H27ClFN3O4S. The average molecular weight is 496 g/mol. The molecule has 2 aromatic carbocycles. The smallest absolute Gasteiger partial charge is 0.243 e. The fourth-order valence-electron chi connectivity index (χ4n) is 3.94. The summed E-state index contributed by atoms with van der Waals surface area (Å²) in [6.45, 7) is 4.42. The normalized spacial score (nSPS) is 16.5. The monoisotopic (exact) mass is 495 g/mol. The number of amides is 2. The second-order valence-corrected chi connectivity index (χ2v) is 10.2. The molecule has 2 aromatic rings. The molecule has 33 heavy (non-hydrogen) atoms. The van der Waals surface area contributed by atoms with Crippen molar-refractivity contribution < 1.29 is 22.4 Å². The van der Waals surface area contributed by atoms with Gasteiger partial charge in [-0.05, 0) is 36.4 Å². The van der Waals surface area contributed by atoms with Gasteiger partial charge in [-0.3, -0.25) is 9.59 Å². The lowest BCUT2D eigenvalue weighted by molar-refractivity contribution is -0.135. The van der Waals surface area contributed by atoms with Crippen molar-refractivity contribution >= 4 is 39.1 Å². The van der Waals surface area contributed by atoms with Crippen LogP contribution in [0.2, 0.25) is 5.02 Å². The Hall–Kier alpha value is -2.49. The molecule has 0 spiro atoms. The Kier molecular flexibility index (Phi) is 7.76. The summed E-state index contributed by atoms with van der Waals surface area (Å²) in [5.41, 5.74) is 0.745. The Morgan fingerprint density at radius 3 is 2.36 bits per heavy atom. The van der Waals surface area contributed by atoms with Gasteiger partial charge < -0.3 is 9.80 Å². The fourth-order valence-corrected chi connectivity index (χ4v) is 5.62. The van der Waals surface area contributed by atoms with E-state index in [1.807, 2.05) is 0 Å². The summed E-state index contributed by atoms with van der Waals surface area (Å²) in [4.78, 5) is 28.5. The van der Waals surface area contributed by atoms with Crippen LogP contribution in [0.1, 0.15) is 25.8 Å². The Morgan fingerprint density at radius 2 is 1.79 bits per heavy atom. The lowest BCUT2D eigenvalue weighted by Gasteiger charge is -2.22. The summed E-state index contributed by atoms with van der Waals surface area (Å²) in [6, 6.07) is 10.4. The standard InChI is InChI=1S/C23H27ClFN3O4S/c1-4-27(5-2)33(31,32)18-11-9-17(10-12-18)28-14-16(13-22(28)29)23(30)26(3)15-19-20(24)7-6-8-21(19)25/h6-12,16H,4-5,13-15H2,1-3H3. The largest absolute Gasteiger partial charge is 0.341 e. The van der Waals surface area contributed by atoms with Crippen LogP contribution in [-0.4, -0.2) is 56.1 Å². The number of benzene rings is 2. The average Bonchev–Trinajstić information content (AvgIpc) is 3.18. The van der Waals surface area contributed by atoms with E-state index in [-0.39, 0.29) is 46.8 Å². The van der Waals surface area contributed by atoms with Crippen molar-refractivity contribution in [1.29, 1.82) is 0 Å². The first-order valence-corrected chi connectivity index (χ1v) is 12.5. The quantitative estimate of drug-likeness (QED) is 0.561. The van der Waals surface area contributed by atoms with Crippen LogP contribution in [0.3, 0.4) is 0 Å². The van der Waals surface area contributed by atoms with Gasteiger partial charge in [0.15, 0.2) is 0 Å². The van der Waals surface area contributed by atoms with E-state index in [2.05, 4.69) is 0 Å². The van der Waals surface area contributed by atoms with Gasteiger partial charge in [0.05, 0.1) is 10.8 Å². The molecule has 3 rings (SSSR count). The van der Waals surface area contributed by atoms with Gasteiger partial charge in [0.2, 0.25) is 21.8 Å². The number of halogens is 2. The summed E-state index contributed by atoms with van der Waals surface area (Å²) in [5, 5.41) is 0.235. The zero-order valence-electron chi connectivity index (χ0n) is 18.8. The summed E-state index contributed by atoms with van der Waals surface area (Å²) in [7, 11) is -2.05. The molecule has 1 saturated heterocycles. The molecule has 0 bridgehead atoms.